The first-order valence-corrected chi connectivity index (χ1v) is 1.50. The lowest BCUT2D eigenvalue weighted by Gasteiger charge is -1.43. The molecule has 0 aliphatic heterocycles. The molecule has 0 aliphatic carbocycles. The Kier molecular flexibility index (Phi) is 2.37. The number of terminal acetylenes is 1. The maximum Gasteiger partial charge on any atom is 0.331 e. The van der Waals surface area contributed by atoms with Gasteiger partial charge in [0.25, 0.3) is 0 Å². The molecule has 0 rings (SSSR count). The van der Waals surface area contributed by atoms with Gasteiger partial charge in [0.05, 0.1) is 0 Å². The SMILES string of the molecule is [2H]C#CC#CC=[N+]=[N-]. The Balaban J connectivity index is 3.80. The van der Waals surface area contributed by atoms with E-state index in [0.29, 0.717) is 0 Å². The fourth-order valence-electron chi connectivity index (χ4n) is 0.0972. The van der Waals surface area contributed by atoms with Crippen LogP contribution in [-0.4, -0.2) is 11.0 Å². The van der Waals surface area contributed by atoms with Gasteiger partial charge in [0.15, 0.2) is 0 Å². The van der Waals surface area contributed by atoms with Gasteiger partial charge in [-0.3, -0.25) is 0 Å². The monoisotopic (exact) mass is 91.0 g/mol. The molecule has 0 bridgehead atoms. The highest BCUT2D eigenvalue weighted by atomic mass is 14.8. The van der Waals surface area contributed by atoms with E-state index >= 15 is 0 Å². The van der Waals surface area contributed by atoms with Crippen LogP contribution in [0.5, 0.6) is 0 Å². The van der Waals surface area contributed by atoms with Crippen LogP contribution in [0.25, 0.3) is 5.53 Å². The summed E-state index contributed by atoms with van der Waals surface area (Å²) in [6, 6.07) is 0. The van der Waals surface area contributed by atoms with Crippen molar-refractivity contribution in [3.8, 4) is 24.2 Å². The van der Waals surface area contributed by atoms with Gasteiger partial charge in [0.2, 0.25) is 0 Å². The Hall–Kier alpha value is -1.50. The molecule has 0 saturated carbocycles. The van der Waals surface area contributed by atoms with E-state index in [9.17, 15) is 0 Å². The first-order valence-electron chi connectivity index (χ1n) is 2.00. The third-order valence-electron chi connectivity index (χ3n) is 0.257. The Morgan fingerprint density at radius 2 is 2.86 bits per heavy atom. The van der Waals surface area contributed by atoms with E-state index in [1.165, 1.54) is 0 Å². The molecule has 0 radical (unpaired) electrons. The largest absolute Gasteiger partial charge is 0.361 e. The van der Waals surface area contributed by atoms with Gasteiger partial charge in [-0.15, -0.1) is 6.40 Å². The predicted molar refractivity (Wildman–Crippen MR) is 26.3 cm³/mol. The maximum absolute atomic E-state index is 7.74. The zero-order valence-corrected chi connectivity index (χ0v) is 3.47. The minimum Gasteiger partial charge on any atom is -0.361 e. The highest BCUT2D eigenvalue weighted by Gasteiger charge is 1.56. The molecule has 0 aliphatic rings. The molecule has 0 aromatic rings. The minimum atomic E-state index is 0.990. The highest BCUT2D eigenvalue weighted by molar-refractivity contribution is 5.74. The van der Waals surface area contributed by atoms with Gasteiger partial charge in [-0.05, 0) is 11.8 Å². The quantitative estimate of drug-likeness (QED) is 0.173. The maximum atomic E-state index is 7.74. The summed E-state index contributed by atoms with van der Waals surface area (Å²) in [5, 5.41) is 0. The van der Waals surface area contributed by atoms with Crippen LogP contribution in [0.2, 0.25) is 0 Å². The molecular formula is C5H2N2. The van der Waals surface area contributed by atoms with E-state index in [1.807, 2.05) is 6.40 Å². The molecule has 0 aromatic heterocycles. The fraction of sp³-hybridized carbons (Fsp3) is 0. The van der Waals surface area contributed by atoms with Crippen molar-refractivity contribution in [1.29, 1.82) is 0 Å². The van der Waals surface area contributed by atoms with Crippen molar-refractivity contribution in [3.63, 3.8) is 0 Å². The summed E-state index contributed by atoms with van der Waals surface area (Å²) >= 11 is 0. The van der Waals surface area contributed by atoms with Crippen LogP contribution in [0.1, 0.15) is 1.37 Å². The van der Waals surface area contributed by atoms with Crippen LogP contribution in [0, 0.1) is 24.2 Å². The average Bonchev–Trinajstić information content (AvgIpc) is 1.81. The minimum absolute atomic E-state index is 0.990. The standard InChI is InChI=1S/C5H2N2/c1-2-3-4-5-7-6/h1,5H/i1D. The number of hydrogen-bond acceptors (Lipinski definition) is 0. The lowest BCUT2D eigenvalue weighted by Crippen LogP contribution is -1.60. The van der Waals surface area contributed by atoms with Crippen molar-refractivity contribution >= 4 is 6.21 Å². The summed E-state index contributed by atoms with van der Waals surface area (Å²) in [6.45, 7) is 0. The Morgan fingerprint density at radius 3 is 3.43 bits per heavy atom. The molecule has 0 aromatic carbocycles. The molecule has 0 fully saturated rings. The van der Waals surface area contributed by atoms with Gasteiger partial charge in [0.1, 0.15) is 1.37 Å². The predicted octanol–water partition coefficient (Wildman–Crippen LogP) is -0.0764. The summed E-state index contributed by atoms with van der Waals surface area (Å²) in [7, 11) is 0. The molecule has 0 amide bonds. The summed E-state index contributed by atoms with van der Waals surface area (Å²) in [5.74, 6) is 6.62. The fourth-order valence-corrected chi connectivity index (χ4v) is 0.0972. The number of rotatable bonds is 0. The molecule has 0 unspecified atom stereocenters. The third-order valence-corrected chi connectivity index (χ3v) is 0.257. The number of hydrogen-bond donors (Lipinski definition) is 0. The Labute approximate surface area is 43.2 Å². The van der Waals surface area contributed by atoms with Gasteiger partial charge in [0, 0.05) is 5.92 Å². The van der Waals surface area contributed by atoms with Crippen molar-refractivity contribution < 1.29 is 6.16 Å². The van der Waals surface area contributed by atoms with Gasteiger partial charge in [-0.1, -0.05) is 0 Å². The first kappa shape index (κ1) is 3.68. The van der Waals surface area contributed by atoms with Crippen LogP contribution in [0.4, 0.5) is 0 Å². The molecule has 0 heterocycles. The molecule has 0 atom stereocenters. The van der Waals surface area contributed by atoms with Gasteiger partial charge in [-0.2, -0.15) is 4.79 Å². The third kappa shape index (κ3) is 4.50. The van der Waals surface area contributed by atoms with Gasteiger partial charge in [-0.25, -0.2) is 0 Å². The van der Waals surface area contributed by atoms with E-state index in [0.717, 1.165) is 6.21 Å². The molecule has 2 nitrogen and oxygen atoms in total. The highest BCUT2D eigenvalue weighted by Crippen LogP contribution is 1.40. The van der Waals surface area contributed by atoms with E-state index < -0.39 is 0 Å². The van der Waals surface area contributed by atoms with E-state index in [4.69, 9.17) is 6.90 Å². The molecule has 2 heteroatoms. The van der Waals surface area contributed by atoms with Crippen LogP contribution in [0.15, 0.2) is 0 Å². The van der Waals surface area contributed by atoms with Crippen LogP contribution < -0.4 is 0 Å². The smallest absolute Gasteiger partial charge is 0.331 e. The summed E-state index contributed by atoms with van der Waals surface area (Å²) < 4.78 is 6.27. The van der Waals surface area contributed by atoms with E-state index in [-0.39, 0.29) is 0 Å². The summed E-state index contributed by atoms with van der Waals surface area (Å²) in [5.41, 5.74) is 7.74. The number of nitrogens with zero attached hydrogens (tertiary/aromatic N) is 2. The molecular weight excluding hydrogens is 88.1 g/mol. The van der Waals surface area contributed by atoms with Crippen molar-refractivity contribution in [1.82, 2.24) is 0 Å². The van der Waals surface area contributed by atoms with Crippen LogP contribution in [-0.2, 0) is 0 Å². The molecule has 0 spiro atoms. The van der Waals surface area contributed by atoms with Crippen molar-refractivity contribution in [2.75, 3.05) is 0 Å². The Bertz CT molecular complexity index is 216. The van der Waals surface area contributed by atoms with Gasteiger partial charge >= 0.3 is 6.21 Å². The van der Waals surface area contributed by atoms with Crippen LogP contribution >= 0.6 is 0 Å². The molecule has 0 saturated heterocycles. The molecule has 7 heavy (non-hydrogen) atoms. The van der Waals surface area contributed by atoms with E-state index in [2.05, 4.69) is 22.6 Å². The van der Waals surface area contributed by atoms with Crippen molar-refractivity contribution in [2.24, 2.45) is 0 Å². The van der Waals surface area contributed by atoms with Gasteiger partial charge < -0.3 is 5.53 Å². The van der Waals surface area contributed by atoms with Crippen LogP contribution in [0.3, 0.4) is 0 Å². The second-order valence-electron chi connectivity index (χ2n) is 0.639. The normalized spacial score (nSPS) is 4.86. The second kappa shape index (κ2) is 4.50. The summed E-state index contributed by atoms with van der Waals surface area (Å²) in [4.78, 5) is 2.58. The summed E-state index contributed by atoms with van der Waals surface area (Å²) in [6.07, 6.45) is 2.80. The first-order chi connectivity index (χ1) is 3.91. The van der Waals surface area contributed by atoms with Crippen molar-refractivity contribution in [2.45, 2.75) is 0 Å². The zero-order valence-electron chi connectivity index (χ0n) is 4.47. The molecule has 0 N–H and O–H groups in total. The van der Waals surface area contributed by atoms with E-state index in [1.54, 1.807) is 0 Å². The topological polar surface area (TPSA) is 36.4 Å². The zero-order chi connectivity index (χ0) is 6.24. The van der Waals surface area contributed by atoms with Crippen molar-refractivity contribution in [3.05, 3.63) is 5.53 Å². The second-order valence-corrected chi connectivity index (χ2v) is 0.639. The lowest BCUT2D eigenvalue weighted by molar-refractivity contribution is 0.00586. The Morgan fingerprint density at radius 1 is 2.00 bits per heavy atom. The molecule has 32 valence electrons. The average molecular weight is 91.1 g/mol. The lowest BCUT2D eigenvalue weighted by atomic mass is 10.6.